The number of benzene rings is 3. The van der Waals surface area contributed by atoms with Gasteiger partial charge in [-0.05, 0) is 60.2 Å². The minimum Gasteiger partial charge on any atom is -0.493 e. The molecule has 0 radical (unpaired) electrons. The van der Waals surface area contributed by atoms with Gasteiger partial charge >= 0.3 is 0 Å². The molecule has 0 spiro atoms. The lowest BCUT2D eigenvalue weighted by Crippen LogP contribution is -2.19. The van der Waals surface area contributed by atoms with Crippen molar-refractivity contribution in [3.63, 3.8) is 0 Å². The Hall–Kier alpha value is -3.63. The SMILES string of the molecule is COc1cc(/C=C2/SC(=Nc3ccc(C)cc3)NC2=O)c(Br)cc1OCc1cccc([N+](=O)[O-])c1. The van der Waals surface area contributed by atoms with Gasteiger partial charge in [0.2, 0.25) is 0 Å². The first-order chi connectivity index (χ1) is 16.8. The average Bonchev–Trinajstić information content (AvgIpc) is 3.19. The molecule has 0 aromatic heterocycles. The molecule has 8 nitrogen and oxygen atoms in total. The van der Waals surface area contributed by atoms with Crippen LogP contribution in [0, 0.1) is 17.0 Å². The van der Waals surface area contributed by atoms with Crippen molar-refractivity contribution < 1.29 is 19.2 Å². The number of rotatable bonds is 7. The maximum atomic E-state index is 12.5. The van der Waals surface area contributed by atoms with E-state index >= 15 is 0 Å². The van der Waals surface area contributed by atoms with Crippen molar-refractivity contribution in [3.05, 3.63) is 96.8 Å². The third-order valence-corrected chi connectivity index (χ3v) is 6.60. The number of nitro benzene ring substituents is 1. The van der Waals surface area contributed by atoms with Gasteiger partial charge in [-0.2, -0.15) is 0 Å². The molecule has 1 fully saturated rings. The Morgan fingerprint density at radius 1 is 1.14 bits per heavy atom. The number of nitrogens with zero attached hydrogens (tertiary/aromatic N) is 2. The van der Waals surface area contributed by atoms with E-state index in [1.54, 1.807) is 30.3 Å². The average molecular weight is 554 g/mol. The minimum absolute atomic E-state index is 0.00107. The number of methoxy groups -OCH3 is 1. The van der Waals surface area contributed by atoms with Crippen LogP contribution < -0.4 is 14.8 Å². The standard InChI is InChI=1S/C25H20BrN3O5S/c1-15-6-8-18(9-7-15)27-25-28-24(30)23(35-25)12-17-11-21(33-2)22(13-20(17)26)34-14-16-4-3-5-19(10-16)29(31)32/h3-13H,14H2,1-2H3,(H,27,28,30)/b23-12+. The molecule has 1 amide bonds. The zero-order valence-electron chi connectivity index (χ0n) is 18.8. The van der Waals surface area contributed by atoms with Crippen LogP contribution in [0.4, 0.5) is 11.4 Å². The van der Waals surface area contributed by atoms with Gasteiger partial charge in [0, 0.05) is 16.6 Å². The lowest BCUT2D eigenvalue weighted by molar-refractivity contribution is -0.384. The van der Waals surface area contributed by atoms with Crippen LogP contribution in [0.1, 0.15) is 16.7 Å². The van der Waals surface area contributed by atoms with Gasteiger partial charge in [0.15, 0.2) is 16.7 Å². The highest BCUT2D eigenvalue weighted by Crippen LogP contribution is 2.37. The molecule has 1 aliphatic rings. The summed E-state index contributed by atoms with van der Waals surface area (Å²) in [6.07, 6.45) is 1.74. The largest absolute Gasteiger partial charge is 0.493 e. The van der Waals surface area contributed by atoms with Crippen molar-refractivity contribution in [1.82, 2.24) is 5.32 Å². The molecule has 0 bridgehead atoms. The van der Waals surface area contributed by atoms with E-state index in [1.807, 2.05) is 31.2 Å². The first-order valence-corrected chi connectivity index (χ1v) is 12.0. The number of halogens is 1. The van der Waals surface area contributed by atoms with Crippen molar-refractivity contribution in [3.8, 4) is 11.5 Å². The van der Waals surface area contributed by atoms with Crippen LogP contribution in [-0.2, 0) is 11.4 Å². The summed E-state index contributed by atoms with van der Waals surface area (Å²) < 4.78 is 12.0. The van der Waals surface area contributed by atoms with Crippen LogP contribution in [0.3, 0.4) is 0 Å². The quantitative estimate of drug-likeness (QED) is 0.214. The Morgan fingerprint density at radius 2 is 1.91 bits per heavy atom. The van der Waals surface area contributed by atoms with Gasteiger partial charge < -0.3 is 14.8 Å². The molecule has 0 aliphatic carbocycles. The highest BCUT2D eigenvalue weighted by molar-refractivity contribution is 9.10. The van der Waals surface area contributed by atoms with Gasteiger partial charge in [0.05, 0.1) is 22.6 Å². The zero-order valence-corrected chi connectivity index (χ0v) is 21.2. The summed E-state index contributed by atoms with van der Waals surface area (Å²) in [5, 5.41) is 14.3. The summed E-state index contributed by atoms with van der Waals surface area (Å²) in [5.41, 5.74) is 3.27. The van der Waals surface area contributed by atoms with Crippen LogP contribution in [-0.4, -0.2) is 23.1 Å². The highest BCUT2D eigenvalue weighted by Gasteiger charge is 2.24. The molecular formula is C25H20BrN3O5S. The second-order valence-electron chi connectivity index (χ2n) is 7.56. The van der Waals surface area contributed by atoms with E-state index in [9.17, 15) is 14.9 Å². The third kappa shape index (κ3) is 6.09. The lowest BCUT2D eigenvalue weighted by Gasteiger charge is -2.13. The molecule has 3 aromatic carbocycles. The van der Waals surface area contributed by atoms with Gasteiger partial charge in [0.25, 0.3) is 11.6 Å². The number of aryl methyl sites for hydroxylation is 1. The number of hydrogen-bond acceptors (Lipinski definition) is 7. The Morgan fingerprint density at radius 3 is 2.63 bits per heavy atom. The van der Waals surface area contributed by atoms with Crippen LogP contribution >= 0.6 is 27.7 Å². The summed E-state index contributed by atoms with van der Waals surface area (Å²) >= 11 is 4.78. The number of amidine groups is 1. The van der Waals surface area contributed by atoms with Crippen molar-refractivity contribution in [2.45, 2.75) is 13.5 Å². The number of carbonyl (C=O) groups excluding carboxylic acids is 1. The number of thioether (sulfide) groups is 1. The molecule has 10 heteroatoms. The fraction of sp³-hybridized carbons (Fsp3) is 0.120. The lowest BCUT2D eigenvalue weighted by atomic mass is 10.1. The number of aliphatic imine (C=N–C) groups is 1. The Kier molecular flexibility index (Phi) is 7.52. The first kappa shape index (κ1) is 24.5. The molecule has 0 atom stereocenters. The van der Waals surface area contributed by atoms with Crippen LogP contribution in [0.2, 0.25) is 0 Å². The van der Waals surface area contributed by atoms with Crippen LogP contribution in [0.5, 0.6) is 11.5 Å². The Bertz CT molecular complexity index is 1360. The molecule has 1 aliphatic heterocycles. The van der Waals surface area contributed by atoms with E-state index in [2.05, 4.69) is 26.2 Å². The number of amides is 1. The number of non-ortho nitro benzene ring substituents is 1. The normalized spacial score (nSPS) is 15.3. The molecule has 1 saturated heterocycles. The zero-order chi connectivity index (χ0) is 24.9. The summed E-state index contributed by atoms with van der Waals surface area (Å²) in [6.45, 7) is 2.13. The van der Waals surface area contributed by atoms with Gasteiger partial charge in [0.1, 0.15) is 6.61 Å². The fourth-order valence-electron chi connectivity index (χ4n) is 3.21. The molecule has 178 valence electrons. The maximum absolute atomic E-state index is 12.5. The Balaban J connectivity index is 1.52. The molecular weight excluding hydrogens is 534 g/mol. The van der Waals surface area contributed by atoms with Gasteiger partial charge in [-0.25, -0.2) is 4.99 Å². The van der Waals surface area contributed by atoms with E-state index in [-0.39, 0.29) is 18.2 Å². The van der Waals surface area contributed by atoms with Gasteiger partial charge in [-0.15, -0.1) is 0 Å². The molecule has 1 N–H and O–H groups in total. The van der Waals surface area contributed by atoms with Crippen molar-refractivity contribution in [2.75, 3.05) is 7.11 Å². The second kappa shape index (κ2) is 10.7. The summed E-state index contributed by atoms with van der Waals surface area (Å²) in [5.74, 6) is 0.679. The molecule has 3 aromatic rings. The van der Waals surface area contributed by atoms with E-state index in [4.69, 9.17) is 9.47 Å². The summed E-state index contributed by atoms with van der Waals surface area (Å²) in [6, 6.07) is 17.5. The predicted octanol–water partition coefficient (Wildman–Crippen LogP) is 6.14. The Labute approximate surface area is 214 Å². The number of ether oxygens (including phenoxy) is 2. The topological polar surface area (TPSA) is 103 Å². The minimum atomic E-state index is -0.447. The van der Waals surface area contributed by atoms with E-state index in [1.165, 1.54) is 31.0 Å². The first-order valence-electron chi connectivity index (χ1n) is 10.4. The van der Waals surface area contributed by atoms with E-state index < -0.39 is 4.92 Å². The third-order valence-electron chi connectivity index (χ3n) is 5.00. The number of hydrogen-bond donors (Lipinski definition) is 1. The molecule has 35 heavy (non-hydrogen) atoms. The summed E-state index contributed by atoms with van der Waals surface area (Å²) in [7, 11) is 1.52. The predicted molar refractivity (Wildman–Crippen MR) is 140 cm³/mol. The number of carbonyl (C=O) groups is 1. The van der Waals surface area contributed by atoms with Crippen LogP contribution in [0.15, 0.2) is 75.0 Å². The maximum Gasteiger partial charge on any atom is 0.269 e. The van der Waals surface area contributed by atoms with Crippen molar-refractivity contribution >= 4 is 56.2 Å². The van der Waals surface area contributed by atoms with Crippen LogP contribution in [0.25, 0.3) is 6.08 Å². The molecule has 0 saturated carbocycles. The monoisotopic (exact) mass is 553 g/mol. The summed E-state index contributed by atoms with van der Waals surface area (Å²) in [4.78, 5) is 28.0. The fourth-order valence-corrected chi connectivity index (χ4v) is 4.48. The molecule has 4 rings (SSSR count). The van der Waals surface area contributed by atoms with Gasteiger partial charge in [-0.1, -0.05) is 45.8 Å². The van der Waals surface area contributed by atoms with Crippen molar-refractivity contribution in [1.29, 1.82) is 0 Å². The highest BCUT2D eigenvalue weighted by atomic mass is 79.9. The van der Waals surface area contributed by atoms with Gasteiger partial charge in [-0.3, -0.25) is 14.9 Å². The number of nitrogens with one attached hydrogen (secondary N) is 1. The molecule has 0 unspecified atom stereocenters. The molecule has 1 heterocycles. The smallest absolute Gasteiger partial charge is 0.269 e. The number of nitro groups is 1. The van der Waals surface area contributed by atoms with Crippen molar-refractivity contribution in [2.24, 2.45) is 4.99 Å². The van der Waals surface area contributed by atoms with E-state index in [0.717, 1.165) is 16.8 Å². The second-order valence-corrected chi connectivity index (χ2v) is 9.44. The van der Waals surface area contributed by atoms with E-state index in [0.29, 0.717) is 31.6 Å².